The number of ether oxygens (including phenoxy) is 2. The standard InChI is InChI=1S/C23H30N2O5/c1-6-30-14-10-13-25(22(27)18-11-8-7-9-12-18)17(4)21(26)19-15(2)20(23(28)29-5)24-16(19)3/h7-9,11-12,17,24H,6,10,13-14H2,1-5H3. The molecule has 0 spiro atoms. The van der Waals surface area contributed by atoms with Crippen molar-refractivity contribution < 1.29 is 23.9 Å². The van der Waals surface area contributed by atoms with Crippen LogP contribution in [0.15, 0.2) is 30.3 Å². The van der Waals surface area contributed by atoms with Gasteiger partial charge in [-0.2, -0.15) is 0 Å². The van der Waals surface area contributed by atoms with Crippen LogP contribution in [0.3, 0.4) is 0 Å². The van der Waals surface area contributed by atoms with Crippen LogP contribution in [-0.2, 0) is 9.47 Å². The van der Waals surface area contributed by atoms with Gasteiger partial charge in [-0.3, -0.25) is 9.59 Å². The molecule has 0 fully saturated rings. The van der Waals surface area contributed by atoms with Gasteiger partial charge in [0.15, 0.2) is 5.78 Å². The van der Waals surface area contributed by atoms with E-state index in [1.54, 1.807) is 49.9 Å². The lowest BCUT2D eigenvalue weighted by Gasteiger charge is -2.29. The largest absolute Gasteiger partial charge is 0.464 e. The van der Waals surface area contributed by atoms with Gasteiger partial charge in [0.2, 0.25) is 0 Å². The lowest BCUT2D eigenvalue weighted by molar-refractivity contribution is 0.0588. The summed E-state index contributed by atoms with van der Waals surface area (Å²) in [7, 11) is 1.29. The number of Topliss-reactive ketones (excluding diaryl/α,β-unsaturated/α-hetero) is 1. The number of methoxy groups -OCH3 is 1. The number of aryl methyl sites for hydroxylation is 1. The van der Waals surface area contributed by atoms with Crippen molar-refractivity contribution in [3.63, 3.8) is 0 Å². The lowest BCUT2D eigenvalue weighted by atomic mass is 9.99. The van der Waals surface area contributed by atoms with Crippen LogP contribution in [-0.4, -0.2) is 60.5 Å². The molecule has 1 aromatic heterocycles. The molecular weight excluding hydrogens is 384 g/mol. The normalized spacial score (nSPS) is 11.8. The van der Waals surface area contributed by atoms with Gasteiger partial charge in [-0.1, -0.05) is 18.2 Å². The van der Waals surface area contributed by atoms with Crippen LogP contribution in [0.25, 0.3) is 0 Å². The van der Waals surface area contributed by atoms with E-state index in [0.717, 1.165) is 0 Å². The number of hydrogen-bond donors (Lipinski definition) is 1. The molecule has 0 aliphatic carbocycles. The Labute approximate surface area is 177 Å². The van der Waals surface area contributed by atoms with Gasteiger partial charge in [-0.15, -0.1) is 0 Å². The zero-order valence-corrected chi connectivity index (χ0v) is 18.3. The molecule has 0 aliphatic rings. The van der Waals surface area contributed by atoms with Crippen molar-refractivity contribution in [2.24, 2.45) is 0 Å². The third-order valence-electron chi connectivity index (χ3n) is 5.09. The number of carbonyl (C=O) groups is 3. The van der Waals surface area contributed by atoms with E-state index >= 15 is 0 Å². The summed E-state index contributed by atoms with van der Waals surface area (Å²) in [6.45, 7) is 8.55. The number of carbonyl (C=O) groups excluding carboxylic acids is 3. The number of aromatic amines is 1. The molecule has 2 rings (SSSR count). The van der Waals surface area contributed by atoms with Gasteiger partial charge < -0.3 is 19.4 Å². The van der Waals surface area contributed by atoms with Crippen LogP contribution in [0, 0.1) is 13.8 Å². The summed E-state index contributed by atoms with van der Waals surface area (Å²) >= 11 is 0. The molecular formula is C23H30N2O5. The predicted octanol–water partition coefficient (Wildman–Crippen LogP) is 3.56. The quantitative estimate of drug-likeness (QED) is 0.365. The third-order valence-corrected chi connectivity index (χ3v) is 5.09. The fourth-order valence-corrected chi connectivity index (χ4v) is 3.48. The van der Waals surface area contributed by atoms with Crippen LogP contribution in [0.4, 0.5) is 0 Å². The van der Waals surface area contributed by atoms with Crippen molar-refractivity contribution in [1.82, 2.24) is 9.88 Å². The van der Waals surface area contributed by atoms with E-state index in [1.165, 1.54) is 7.11 Å². The van der Waals surface area contributed by atoms with Gasteiger partial charge >= 0.3 is 5.97 Å². The van der Waals surface area contributed by atoms with Crippen molar-refractivity contribution in [2.45, 2.75) is 40.2 Å². The van der Waals surface area contributed by atoms with E-state index in [2.05, 4.69) is 4.98 Å². The van der Waals surface area contributed by atoms with Crippen LogP contribution in [0.2, 0.25) is 0 Å². The second kappa shape index (κ2) is 10.7. The first kappa shape index (κ1) is 23.3. The summed E-state index contributed by atoms with van der Waals surface area (Å²) < 4.78 is 10.2. The molecule has 0 saturated carbocycles. The zero-order valence-electron chi connectivity index (χ0n) is 18.3. The smallest absolute Gasteiger partial charge is 0.354 e. The number of esters is 1. The van der Waals surface area contributed by atoms with Gasteiger partial charge in [0.1, 0.15) is 5.69 Å². The molecule has 7 heteroatoms. The first-order valence-electron chi connectivity index (χ1n) is 10.1. The Kier molecular flexibility index (Phi) is 8.35. The number of nitrogens with zero attached hydrogens (tertiary/aromatic N) is 1. The molecule has 0 bridgehead atoms. The maximum Gasteiger partial charge on any atom is 0.354 e. The lowest BCUT2D eigenvalue weighted by Crippen LogP contribution is -2.44. The second-order valence-corrected chi connectivity index (χ2v) is 7.07. The van der Waals surface area contributed by atoms with Crippen molar-refractivity contribution in [2.75, 3.05) is 26.9 Å². The van der Waals surface area contributed by atoms with Crippen molar-refractivity contribution in [3.8, 4) is 0 Å². The summed E-state index contributed by atoms with van der Waals surface area (Å²) in [5, 5.41) is 0. The summed E-state index contributed by atoms with van der Waals surface area (Å²) in [4.78, 5) is 43.0. The predicted molar refractivity (Wildman–Crippen MR) is 114 cm³/mol. The average Bonchev–Trinajstić information content (AvgIpc) is 3.06. The maximum atomic E-state index is 13.4. The number of H-pyrrole nitrogens is 1. The summed E-state index contributed by atoms with van der Waals surface area (Å²) in [5.74, 6) is -0.972. The highest BCUT2D eigenvalue weighted by Gasteiger charge is 2.31. The molecule has 1 aromatic carbocycles. The van der Waals surface area contributed by atoms with Gasteiger partial charge in [-0.25, -0.2) is 4.79 Å². The van der Waals surface area contributed by atoms with Crippen LogP contribution < -0.4 is 0 Å². The van der Waals surface area contributed by atoms with Gasteiger partial charge in [0.25, 0.3) is 5.91 Å². The zero-order chi connectivity index (χ0) is 22.3. The van der Waals surface area contributed by atoms with Gasteiger partial charge in [0.05, 0.1) is 13.2 Å². The molecule has 1 amide bonds. The highest BCUT2D eigenvalue weighted by Crippen LogP contribution is 2.23. The Morgan fingerprint density at radius 3 is 2.40 bits per heavy atom. The number of amides is 1. The summed E-state index contributed by atoms with van der Waals surface area (Å²) in [6.07, 6.45) is 0.614. The maximum absolute atomic E-state index is 13.4. The molecule has 0 saturated heterocycles. The Hall–Kier alpha value is -2.93. The minimum atomic E-state index is -0.710. The van der Waals surface area contributed by atoms with E-state index in [0.29, 0.717) is 48.6 Å². The van der Waals surface area contributed by atoms with Crippen molar-refractivity contribution in [3.05, 3.63) is 58.4 Å². The Balaban J connectivity index is 2.33. The molecule has 1 heterocycles. The number of nitrogens with one attached hydrogen (secondary N) is 1. The van der Waals surface area contributed by atoms with Crippen molar-refractivity contribution >= 4 is 17.7 Å². The van der Waals surface area contributed by atoms with E-state index in [4.69, 9.17) is 9.47 Å². The molecule has 30 heavy (non-hydrogen) atoms. The molecule has 0 radical (unpaired) electrons. The summed E-state index contributed by atoms with van der Waals surface area (Å²) in [5.41, 5.74) is 2.29. The monoisotopic (exact) mass is 414 g/mol. The Morgan fingerprint density at radius 1 is 1.13 bits per heavy atom. The third kappa shape index (κ3) is 5.16. The van der Waals surface area contributed by atoms with E-state index in [1.807, 2.05) is 13.0 Å². The fourth-order valence-electron chi connectivity index (χ4n) is 3.48. The molecule has 2 aromatic rings. The highest BCUT2D eigenvalue weighted by molar-refractivity contribution is 6.07. The SMILES string of the molecule is CCOCCCN(C(=O)c1ccccc1)C(C)C(=O)c1c(C)[nH]c(C(=O)OC)c1C. The minimum Gasteiger partial charge on any atom is -0.464 e. The molecule has 1 atom stereocenters. The Bertz CT molecular complexity index is 888. The number of benzene rings is 1. The summed E-state index contributed by atoms with van der Waals surface area (Å²) in [6, 6.07) is 8.18. The first-order valence-corrected chi connectivity index (χ1v) is 10.1. The molecule has 1 unspecified atom stereocenters. The van der Waals surface area contributed by atoms with E-state index < -0.39 is 12.0 Å². The van der Waals surface area contributed by atoms with E-state index in [-0.39, 0.29) is 17.4 Å². The molecule has 1 N–H and O–H groups in total. The highest BCUT2D eigenvalue weighted by atomic mass is 16.5. The van der Waals surface area contributed by atoms with Crippen LogP contribution >= 0.6 is 0 Å². The topological polar surface area (TPSA) is 88.7 Å². The number of ketones is 1. The Morgan fingerprint density at radius 2 is 1.80 bits per heavy atom. The molecule has 162 valence electrons. The molecule has 7 nitrogen and oxygen atoms in total. The minimum absolute atomic E-state index is 0.216. The second-order valence-electron chi connectivity index (χ2n) is 7.07. The first-order chi connectivity index (χ1) is 14.3. The van der Waals surface area contributed by atoms with Crippen LogP contribution in [0.5, 0.6) is 0 Å². The number of rotatable bonds is 10. The number of hydrogen-bond acceptors (Lipinski definition) is 5. The van der Waals surface area contributed by atoms with Crippen molar-refractivity contribution in [1.29, 1.82) is 0 Å². The van der Waals surface area contributed by atoms with Gasteiger partial charge in [-0.05, 0) is 51.8 Å². The number of aromatic nitrogens is 1. The molecule has 0 aliphatic heterocycles. The van der Waals surface area contributed by atoms with E-state index in [9.17, 15) is 14.4 Å². The fraction of sp³-hybridized carbons (Fsp3) is 0.435. The van der Waals surface area contributed by atoms with Gasteiger partial charge in [0, 0.05) is 36.6 Å². The average molecular weight is 415 g/mol. The van der Waals surface area contributed by atoms with Crippen LogP contribution in [0.1, 0.15) is 62.7 Å².